The van der Waals surface area contributed by atoms with Gasteiger partial charge in [0.25, 0.3) is 0 Å². The molecule has 0 amide bonds. The maximum Gasteiger partial charge on any atom is 0.0562 e. The number of fused-ring (bicyclic) bond motifs is 8. The van der Waals surface area contributed by atoms with Crippen molar-refractivity contribution in [2.75, 3.05) is 4.90 Å². The third-order valence-electron chi connectivity index (χ3n) is 14.5. The van der Waals surface area contributed by atoms with Crippen molar-refractivity contribution in [1.82, 2.24) is 9.13 Å². The van der Waals surface area contributed by atoms with Gasteiger partial charge in [-0.05, 0) is 122 Å². The van der Waals surface area contributed by atoms with Gasteiger partial charge in [-0.2, -0.15) is 0 Å². The molecule has 2 aromatic heterocycles. The number of anilines is 3. The van der Waals surface area contributed by atoms with Gasteiger partial charge in [-0.3, -0.25) is 0 Å². The monoisotopic (exact) mass is 903 g/mol. The molecule has 0 saturated heterocycles. The Kier molecular flexibility index (Phi) is 9.53. The highest BCUT2D eigenvalue weighted by Crippen LogP contribution is 2.46. The van der Waals surface area contributed by atoms with Gasteiger partial charge in [0.15, 0.2) is 0 Å². The highest BCUT2D eigenvalue weighted by atomic mass is 15.1. The SMILES string of the molecule is c1ccc(-c2cccc3cccc(-c4ccc(N(c5ccc(-c6cccc(-n7c8ccccc8c8ccccc87)c6)cc5)c5cccc6c5c5ccccc5n6-c5cccc6ccccc56)cc4)c23)cc1. The van der Waals surface area contributed by atoms with Gasteiger partial charge in [0.05, 0.1) is 33.4 Å². The number of para-hydroxylation sites is 3. The molecule has 0 bridgehead atoms. The second kappa shape index (κ2) is 16.7. The standard InChI is InChI=1S/C68H45N3/c1-2-17-48(18-3-1)56-29-13-21-50-22-14-30-57(67(50)56)49-39-43-53(44-40-49)69(65-35-16-36-66-68(65)60-28-8-11-33-64(60)71(66)61-34-15-20-47-19-4-5-25-55(47)61)52-41-37-46(38-42-52)51-23-12-24-54(45-51)70-62-31-9-6-26-58(62)59-27-7-10-32-63(59)70/h1-45H. The Morgan fingerprint density at radius 1 is 0.268 bits per heavy atom. The first-order valence-corrected chi connectivity index (χ1v) is 24.4. The van der Waals surface area contributed by atoms with Crippen molar-refractivity contribution in [1.29, 1.82) is 0 Å². The first kappa shape index (κ1) is 40.6. The molecule has 14 rings (SSSR count). The molecule has 14 aromatic rings. The van der Waals surface area contributed by atoms with Gasteiger partial charge in [0, 0.05) is 44.0 Å². The van der Waals surface area contributed by atoms with E-state index in [2.05, 4.69) is 287 Å². The fraction of sp³-hybridized carbons (Fsp3) is 0. The molecule has 0 saturated carbocycles. The normalized spacial score (nSPS) is 11.7. The van der Waals surface area contributed by atoms with Crippen molar-refractivity contribution in [3.8, 4) is 44.8 Å². The third-order valence-corrected chi connectivity index (χ3v) is 14.5. The smallest absolute Gasteiger partial charge is 0.0562 e. The molecule has 332 valence electrons. The summed E-state index contributed by atoms with van der Waals surface area (Å²) in [5, 5.41) is 9.85. The summed E-state index contributed by atoms with van der Waals surface area (Å²) in [7, 11) is 0. The summed E-state index contributed by atoms with van der Waals surface area (Å²) in [6.45, 7) is 0. The van der Waals surface area contributed by atoms with E-state index in [0.717, 1.165) is 39.4 Å². The van der Waals surface area contributed by atoms with Gasteiger partial charge in [-0.15, -0.1) is 0 Å². The predicted octanol–water partition coefficient (Wildman–Crippen LogP) is 18.7. The predicted molar refractivity (Wildman–Crippen MR) is 301 cm³/mol. The number of hydrogen-bond donors (Lipinski definition) is 0. The van der Waals surface area contributed by atoms with Crippen LogP contribution in [0.5, 0.6) is 0 Å². The fourth-order valence-electron chi connectivity index (χ4n) is 11.3. The molecule has 0 radical (unpaired) electrons. The minimum absolute atomic E-state index is 1.08. The Labute approximate surface area is 412 Å². The maximum absolute atomic E-state index is 2.45. The van der Waals surface area contributed by atoms with Crippen molar-refractivity contribution < 1.29 is 0 Å². The number of rotatable bonds is 8. The third kappa shape index (κ3) is 6.66. The van der Waals surface area contributed by atoms with Crippen LogP contribution in [0.25, 0.3) is 110 Å². The second-order valence-corrected chi connectivity index (χ2v) is 18.4. The average molecular weight is 904 g/mol. The van der Waals surface area contributed by atoms with E-state index in [9.17, 15) is 0 Å². The van der Waals surface area contributed by atoms with Crippen LogP contribution in [0.2, 0.25) is 0 Å². The highest BCUT2D eigenvalue weighted by Gasteiger charge is 2.23. The summed E-state index contributed by atoms with van der Waals surface area (Å²) in [6, 6.07) is 99.7. The lowest BCUT2D eigenvalue weighted by atomic mass is 9.91. The van der Waals surface area contributed by atoms with Gasteiger partial charge in [0.1, 0.15) is 0 Å². The maximum atomic E-state index is 2.45. The highest BCUT2D eigenvalue weighted by molar-refractivity contribution is 6.17. The molecule has 0 N–H and O–H groups in total. The lowest BCUT2D eigenvalue weighted by Gasteiger charge is -2.27. The summed E-state index contributed by atoms with van der Waals surface area (Å²) in [6.07, 6.45) is 0. The van der Waals surface area contributed by atoms with Gasteiger partial charge in [0.2, 0.25) is 0 Å². The van der Waals surface area contributed by atoms with E-state index in [1.807, 2.05) is 0 Å². The Bertz CT molecular complexity index is 4270. The minimum Gasteiger partial charge on any atom is -0.310 e. The second-order valence-electron chi connectivity index (χ2n) is 18.4. The van der Waals surface area contributed by atoms with Crippen LogP contribution in [0.3, 0.4) is 0 Å². The lowest BCUT2D eigenvalue weighted by molar-refractivity contribution is 1.18. The van der Waals surface area contributed by atoms with E-state index in [1.165, 1.54) is 87.6 Å². The molecule has 3 nitrogen and oxygen atoms in total. The molecule has 2 heterocycles. The zero-order valence-electron chi connectivity index (χ0n) is 38.8. The summed E-state index contributed by atoms with van der Waals surface area (Å²) in [5.41, 5.74) is 17.5. The molecule has 0 atom stereocenters. The Hall–Kier alpha value is -9.44. The van der Waals surface area contributed by atoms with Gasteiger partial charge in [-0.1, -0.05) is 200 Å². The van der Waals surface area contributed by atoms with Crippen LogP contribution in [0.4, 0.5) is 17.1 Å². The van der Waals surface area contributed by atoms with Gasteiger partial charge < -0.3 is 14.0 Å². The average Bonchev–Trinajstić information content (AvgIpc) is 3.97. The first-order valence-electron chi connectivity index (χ1n) is 24.4. The van der Waals surface area contributed by atoms with Crippen LogP contribution in [0.1, 0.15) is 0 Å². The van der Waals surface area contributed by atoms with Crippen molar-refractivity contribution in [2.45, 2.75) is 0 Å². The quantitative estimate of drug-likeness (QED) is 0.148. The van der Waals surface area contributed by atoms with E-state index < -0.39 is 0 Å². The molecule has 0 fully saturated rings. The largest absolute Gasteiger partial charge is 0.310 e. The van der Waals surface area contributed by atoms with Crippen LogP contribution in [0.15, 0.2) is 273 Å². The molecule has 0 aliphatic rings. The molecule has 0 aliphatic carbocycles. The summed E-state index contributed by atoms with van der Waals surface area (Å²) >= 11 is 0. The number of aromatic nitrogens is 2. The molecule has 12 aromatic carbocycles. The van der Waals surface area contributed by atoms with E-state index in [1.54, 1.807) is 0 Å². The van der Waals surface area contributed by atoms with E-state index in [4.69, 9.17) is 0 Å². The van der Waals surface area contributed by atoms with E-state index in [0.29, 0.717) is 0 Å². The summed E-state index contributed by atoms with van der Waals surface area (Å²) in [4.78, 5) is 2.45. The lowest BCUT2D eigenvalue weighted by Crippen LogP contribution is -2.10. The van der Waals surface area contributed by atoms with Crippen molar-refractivity contribution >= 4 is 82.2 Å². The molecular formula is C68H45N3. The van der Waals surface area contributed by atoms with Crippen LogP contribution in [0, 0.1) is 0 Å². The Morgan fingerprint density at radius 2 is 0.746 bits per heavy atom. The van der Waals surface area contributed by atoms with Crippen molar-refractivity contribution in [3.63, 3.8) is 0 Å². The summed E-state index contributed by atoms with van der Waals surface area (Å²) in [5.74, 6) is 0. The van der Waals surface area contributed by atoms with Crippen LogP contribution >= 0.6 is 0 Å². The fourth-order valence-corrected chi connectivity index (χ4v) is 11.3. The Morgan fingerprint density at radius 3 is 1.44 bits per heavy atom. The van der Waals surface area contributed by atoms with Crippen LogP contribution in [-0.4, -0.2) is 9.13 Å². The van der Waals surface area contributed by atoms with Gasteiger partial charge in [-0.25, -0.2) is 0 Å². The molecule has 0 aliphatic heterocycles. The van der Waals surface area contributed by atoms with Crippen LogP contribution in [-0.2, 0) is 0 Å². The van der Waals surface area contributed by atoms with E-state index >= 15 is 0 Å². The number of benzene rings is 12. The van der Waals surface area contributed by atoms with Gasteiger partial charge >= 0.3 is 0 Å². The molecule has 0 unspecified atom stereocenters. The Balaban J connectivity index is 0.937. The van der Waals surface area contributed by atoms with Crippen molar-refractivity contribution in [2.24, 2.45) is 0 Å². The van der Waals surface area contributed by atoms with E-state index in [-0.39, 0.29) is 0 Å². The minimum atomic E-state index is 1.08. The molecular weight excluding hydrogens is 859 g/mol. The summed E-state index contributed by atoms with van der Waals surface area (Å²) < 4.78 is 4.85. The molecule has 3 heteroatoms. The zero-order valence-corrected chi connectivity index (χ0v) is 38.8. The topological polar surface area (TPSA) is 13.1 Å². The number of hydrogen-bond acceptors (Lipinski definition) is 1. The molecule has 71 heavy (non-hydrogen) atoms. The molecule has 0 spiro atoms. The van der Waals surface area contributed by atoms with Crippen molar-refractivity contribution in [3.05, 3.63) is 273 Å². The first-order chi connectivity index (χ1) is 35.2. The number of nitrogens with zero attached hydrogens (tertiary/aromatic N) is 3. The van der Waals surface area contributed by atoms with Crippen LogP contribution < -0.4 is 4.90 Å². The zero-order chi connectivity index (χ0) is 46.8.